The first-order valence-corrected chi connectivity index (χ1v) is 7.00. The number of amides is 1. The molecule has 1 saturated heterocycles. The van der Waals surface area contributed by atoms with Crippen LogP contribution in [0.1, 0.15) is 32.6 Å². The fourth-order valence-electron chi connectivity index (χ4n) is 1.61. The molecule has 1 aliphatic heterocycles. The smallest absolute Gasteiger partial charge is 0.221 e. The van der Waals surface area contributed by atoms with Crippen LogP contribution in [0.2, 0.25) is 0 Å². The standard InChI is InChI=1S/C10H20N2O2S/c1-2-8(11)7-10(13)12-9-3-5-15(14)6-4-9/h8-9H,2-7,11H2,1H3,(H,12,13). The van der Waals surface area contributed by atoms with Crippen LogP contribution >= 0.6 is 0 Å². The Bertz CT molecular complexity index is 236. The number of hydrogen-bond donors (Lipinski definition) is 2. The molecule has 4 nitrogen and oxygen atoms in total. The zero-order chi connectivity index (χ0) is 11.3. The Morgan fingerprint density at radius 1 is 1.53 bits per heavy atom. The Hall–Kier alpha value is -0.420. The summed E-state index contributed by atoms with van der Waals surface area (Å²) in [5.74, 6) is 1.46. The maximum atomic E-state index is 11.5. The van der Waals surface area contributed by atoms with E-state index in [1.54, 1.807) is 0 Å². The highest BCUT2D eigenvalue weighted by atomic mass is 32.2. The zero-order valence-corrected chi connectivity index (χ0v) is 10.0. The van der Waals surface area contributed by atoms with Crippen LogP contribution in [-0.4, -0.2) is 33.7 Å². The van der Waals surface area contributed by atoms with Crippen molar-refractivity contribution < 1.29 is 9.00 Å². The molecule has 1 heterocycles. The average molecular weight is 232 g/mol. The minimum absolute atomic E-state index is 0.0297. The summed E-state index contributed by atoms with van der Waals surface area (Å²) in [6.45, 7) is 1.97. The van der Waals surface area contributed by atoms with Crippen LogP contribution in [0.4, 0.5) is 0 Å². The van der Waals surface area contributed by atoms with Gasteiger partial charge in [0.1, 0.15) is 0 Å². The van der Waals surface area contributed by atoms with Gasteiger partial charge in [0.05, 0.1) is 0 Å². The third-order valence-electron chi connectivity index (χ3n) is 2.73. The molecule has 88 valence electrons. The molecule has 1 rings (SSSR count). The molecular formula is C10H20N2O2S. The van der Waals surface area contributed by atoms with Gasteiger partial charge in [0.15, 0.2) is 0 Å². The van der Waals surface area contributed by atoms with Gasteiger partial charge in [-0.1, -0.05) is 6.92 Å². The molecule has 15 heavy (non-hydrogen) atoms. The molecule has 1 aliphatic rings. The molecule has 0 aromatic heterocycles. The monoisotopic (exact) mass is 232 g/mol. The van der Waals surface area contributed by atoms with Crippen LogP contribution < -0.4 is 11.1 Å². The highest BCUT2D eigenvalue weighted by Crippen LogP contribution is 2.09. The Labute approximate surface area is 93.4 Å². The van der Waals surface area contributed by atoms with Gasteiger partial charge in [-0.05, 0) is 19.3 Å². The Balaban J connectivity index is 2.23. The zero-order valence-electron chi connectivity index (χ0n) is 9.20. The van der Waals surface area contributed by atoms with Crippen molar-refractivity contribution >= 4 is 16.7 Å². The van der Waals surface area contributed by atoms with Crippen LogP contribution in [0.15, 0.2) is 0 Å². The Morgan fingerprint density at radius 3 is 2.67 bits per heavy atom. The fraction of sp³-hybridized carbons (Fsp3) is 0.900. The van der Waals surface area contributed by atoms with Gasteiger partial charge >= 0.3 is 0 Å². The third-order valence-corrected chi connectivity index (χ3v) is 4.11. The van der Waals surface area contributed by atoms with Crippen LogP contribution in [0.5, 0.6) is 0 Å². The van der Waals surface area contributed by atoms with Gasteiger partial charge in [0, 0.05) is 40.8 Å². The van der Waals surface area contributed by atoms with Gasteiger partial charge in [0.25, 0.3) is 0 Å². The molecule has 1 amide bonds. The summed E-state index contributed by atoms with van der Waals surface area (Å²) in [5, 5.41) is 2.95. The molecule has 5 heteroatoms. The van der Waals surface area contributed by atoms with E-state index >= 15 is 0 Å². The van der Waals surface area contributed by atoms with Gasteiger partial charge in [-0.25, -0.2) is 0 Å². The van der Waals surface area contributed by atoms with E-state index in [0.29, 0.717) is 17.9 Å². The average Bonchev–Trinajstić information content (AvgIpc) is 2.21. The first-order valence-electron chi connectivity index (χ1n) is 5.51. The topological polar surface area (TPSA) is 72.2 Å². The van der Waals surface area contributed by atoms with E-state index in [4.69, 9.17) is 5.73 Å². The van der Waals surface area contributed by atoms with E-state index in [-0.39, 0.29) is 18.0 Å². The lowest BCUT2D eigenvalue weighted by Crippen LogP contribution is -2.41. The lowest BCUT2D eigenvalue weighted by Gasteiger charge is -2.23. The van der Waals surface area contributed by atoms with Crippen molar-refractivity contribution in [3.63, 3.8) is 0 Å². The summed E-state index contributed by atoms with van der Waals surface area (Å²) < 4.78 is 11.1. The van der Waals surface area contributed by atoms with Crippen LogP contribution in [0.25, 0.3) is 0 Å². The van der Waals surface area contributed by atoms with Crippen LogP contribution in [0, 0.1) is 0 Å². The number of nitrogens with two attached hydrogens (primary N) is 1. The summed E-state index contributed by atoms with van der Waals surface area (Å²) >= 11 is 0. The van der Waals surface area contributed by atoms with Gasteiger partial charge in [-0.2, -0.15) is 0 Å². The normalized spacial score (nSPS) is 28.4. The van der Waals surface area contributed by atoms with E-state index < -0.39 is 10.8 Å². The highest BCUT2D eigenvalue weighted by Gasteiger charge is 2.19. The number of nitrogens with one attached hydrogen (secondary N) is 1. The first-order chi connectivity index (χ1) is 7.11. The molecule has 0 aromatic rings. The Kier molecular flexibility index (Phi) is 5.25. The minimum Gasteiger partial charge on any atom is -0.353 e. The van der Waals surface area contributed by atoms with Crippen molar-refractivity contribution in [2.24, 2.45) is 5.73 Å². The second-order valence-electron chi connectivity index (χ2n) is 4.06. The highest BCUT2D eigenvalue weighted by molar-refractivity contribution is 7.85. The van der Waals surface area contributed by atoms with Crippen molar-refractivity contribution in [2.45, 2.75) is 44.7 Å². The van der Waals surface area contributed by atoms with Crippen molar-refractivity contribution in [2.75, 3.05) is 11.5 Å². The molecule has 1 unspecified atom stereocenters. The molecule has 1 atom stereocenters. The Morgan fingerprint density at radius 2 is 2.13 bits per heavy atom. The van der Waals surface area contributed by atoms with E-state index in [9.17, 15) is 9.00 Å². The third kappa shape index (κ3) is 4.75. The molecule has 0 aliphatic carbocycles. The van der Waals surface area contributed by atoms with Crippen molar-refractivity contribution in [1.82, 2.24) is 5.32 Å². The molecule has 3 N–H and O–H groups in total. The maximum absolute atomic E-state index is 11.5. The number of carbonyl (C=O) groups is 1. The SMILES string of the molecule is CCC(N)CC(=O)NC1CCS(=O)CC1. The van der Waals surface area contributed by atoms with E-state index in [0.717, 1.165) is 19.3 Å². The van der Waals surface area contributed by atoms with Gasteiger partial charge in [0.2, 0.25) is 5.91 Å². The van der Waals surface area contributed by atoms with E-state index in [2.05, 4.69) is 5.32 Å². The van der Waals surface area contributed by atoms with Crippen molar-refractivity contribution in [1.29, 1.82) is 0 Å². The van der Waals surface area contributed by atoms with Crippen molar-refractivity contribution in [3.8, 4) is 0 Å². The van der Waals surface area contributed by atoms with E-state index in [1.807, 2.05) is 6.92 Å². The second-order valence-corrected chi connectivity index (χ2v) is 5.76. The summed E-state index contributed by atoms with van der Waals surface area (Å²) in [4.78, 5) is 11.5. The first kappa shape index (κ1) is 12.6. The predicted molar refractivity (Wildman–Crippen MR) is 61.9 cm³/mol. The number of carbonyl (C=O) groups excluding carboxylic acids is 1. The molecule has 1 fully saturated rings. The predicted octanol–water partition coefficient (Wildman–Crippen LogP) is 0.141. The summed E-state index contributed by atoms with van der Waals surface area (Å²) in [5.41, 5.74) is 5.69. The maximum Gasteiger partial charge on any atom is 0.221 e. The molecule has 0 aromatic carbocycles. The van der Waals surface area contributed by atoms with Gasteiger partial charge in [-0.3, -0.25) is 9.00 Å². The molecule has 0 bridgehead atoms. The van der Waals surface area contributed by atoms with Gasteiger partial charge in [-0.15, -0.1) is 0 Å². The molecular weight excluding hydrogens is 212 g/mol. The van der Waals surface area contributed by atoms with Crippen LogP contribution in [0.3, 0.4) is 0 Å². The number of rotatable bonds is 4. The number of hydrogen-bond acceptors (Lipinski definition) is 3. The minimum atomic E-state index is -0.664. The largest absolute Gasteiger partial charge is 0.353 e. The lowest BCUT2D eigenvalue weighted by atomic mass is 10.1. The second kappa shape index (κ2) is 6.23. The van der Waals surface area contributed by atoms with E-state index in [1.165, 1.54) is 0 Å². The van der Waals surface area contributed by atoms with Gasteiger partial charge < -0.3 is 11.1 Å². The lowest BCUT2D eigenvalue weighted by molar-refractivity contribution is -0.122. The summed E-state index contributed by atoms with van der Waals surface area (Å²) in [7, 11) is -0.664. The van der Waals surface area contributed by atoms with Crippen molar-refractivity contribution in [3.05, 3.63) is 0 Å². The van der Waals surface area contributed by atoms with Crippen LogP contribution in [-0.2, 0) is 15.6 Å². The summed E-state index contributed by atoms with van der Waals surface area (Å²) in [6.07, 6.45) is 2.89. The molecule has 0 radical (unpaired) electrons. The molecule has 0 spiro atoms. The fourth-order valence-corrected chi connectivity index (χ4v) is 2.91. The quantitative estimate of drug-likeness (QED) is 0.724. The molecule has 0 saturated carbocycles. The summed E-state index contributed by atoms with van der Waals surface area (Å²) in [6, 6.07) is 0.168.